The van der Waals surface area contributed by atoms with Crippen molar-refractivity contribution in [3.8, 4) is 0 Å². The molecule has 0 radical (unpaired) electrons. The van der Waals surface area contributed by atoms with Gasteiger partial charge in [-0.1, -0.05) is 30.3 Å². The van der Waals surface area contributed by atoms with E-state index in [1.165, 1.54) is 11.3 Å². The van der Waals surface area contributed by atoms with Crippen LogP contribution in [0.4, 0.5) is 11.5 Å². The van der Waals surface area contributed by atoms with E-state index in [-0.39, 0.29) is 0 Å². The van der Waals surface area contributed by atoms with E-state index in [0.29, 0.717) is 0 Å². The topological polar surface area (TPSA) is 42.2 Å². The van der Waals surface area contributed by atoms with Gasteiger partial charge in [0.1, 0.15) is 17.4 Å². The first-order chi connectivity index (χ1) is 10.9. The molecule has 106 valence electrons. The molecule has 4 nitrogen and oxygen atoms in total. The van der Waals surface area contributed by atoms with Crippen LogP contribution in [0.5, 0.6) is 0 Å². The van der Waals surface area contributed by atoms with E-state index in [2.05, 4.69) is 39.1 Å². The van der Waals surface area contributed by atoms with Gasteiger partial charge in [0.25, 0.3) is 0 Å². The summed E-state index contributed by atoms with van der Waals surface area (Å²) in [6.45, 7) is 0.919. The number of furan rings is 1. The standard InChI is InChI=1S/C18H13N3O/c1-3-7-14-12(5-1)9-10-21(14)18-17-16(19-11-20-18)13-6-2-4-8-15(13)22-17/h1-8,11H,9-10H2. The van der Waals surface area contributed by atoms with E-state index in [1.54, 1.807) is 6.33 Å². The molecular formula is C18H13N3O. The van der Waals surface area contributed by atoms with Crippen molar-refractivity contribution in [2.45, 2.75) is 6.42 Å². The molecule has 3 heterocycles. The highest BCUT2D eigenvalue weighted by atomic mass is 16.3. The Hall–Kier alpha value is -2.88. The van der Waals surface area contributed by atoms with Crippen LogP contribution in [-0.2, 0) is 6.42 Å². The minimum absolute atomic E-state index is 0.764. The Morgan fingerprint density at radius 2 is 1.82 bits per heavy atom. The summed E-state index contributed by atoms with van der Waals surface area (Å²) in [7, 11) is 0. The van der Waals surface area contributed by atoms with Crippen molar-refractivity contribution in [2.24, 2.45) is 0 Å². The molecule has 4 heteroatoms. The summed E-state index contributed by atoms with van der Waals surface area (Å²) in [6, 6.07) is 16.4. The first-order valence-corrected chi connectivity index (χ1v) is 7.39. The van der Waals surface area contributed by atoms with E-state index in [9.17, 15) is 0 Å². The van der Waals surface area contributed by atoms with Gasteiger partial charge in [-0.25, -0.2) is 9.97 Å². The molecule has 0 aliphatic carbocycles. The summed E-state index contributed by atoms with van der Waals surface area (Å²) in [5.41, 5.74) is 5.06. The summed E-state index contributed by atoms with van der Waals surface area (Å²) in [4.78, 5) is 11.2. The predicted molar refractivity (Wildman–Crippen MR) is 86.5 cm³/mol. The largest absolute Gasteiger partial charge is 0.450 e. The molecule has 1 aliphatic rings. The molecule has 0 amide bonds. The third-order valence-electron chi connectivity index (χ3n) is 4.28. The number of hydrogen-bond acceptors (Lipinski definition) is 4. The van der Waals surface area contributed by atoms with Gasteiger partial charge in [-0.05, 0) is 30.2 Å². The van der Waals surface area contributed by atoms with Gasteiger partial charge in [-0.3, -0.25) is 0 Å². The van der Waals surface area contributed by atoms with Crippen molar-refractivity contribution in [1.82, 2.24) is 9.97 Å². The molecule has 0 atom stereocenters. The Balaban J connectivity index is 1.79. The molecule has 0 saturated heterocycles. The summed E-state index contributed by atoms with van der Waals surface area (Å²) in [6.07, 6.45) is 2.66. The number of benzene rings is 2. The Bertz CT molecular complexity index is 1010. The second kappa shape index (κ2) is 4.31. The maximum absolute atomic E-state index is 6.04. The fourth-order valence-electron chi connectivity index (χ4n) is 3.26. The molecule has 2 aromatic carbocycles. The Kier molecular flexibility index (Phi) is 2.30. The lowest BCUT2D eigenvalue weighted by atomic mass is 10.2. The summed E-state index contributed by atoms with van der Waals surface area (Å²) < 4.78 is 6.04. The number of nitrogens with zero attached hydrogens (tertiary/aromatic N) is 3. The van der Waals surface area contributed by atoms with Crippen molar-refractivity contribution in [3.63, 3.8) is 0 Å². The maximum atomic E-state index is 6.04. The van der Waals surface area contributed by atoms with Crippen LogP contribution in [0.2, 0.25) is 0 Å². The van der Waals surface area contributed by atoms with E-state index in [1.807, 2.05) is 24.3 Å². The van der Waals surface area contributed by atoms with Gasteiger partial charge in [0.05, 0.1) is 0 Å². The van der Waals surface area contributed by atoms with Gasteiger partial charge in [0, 0.05) is 17.6 Å². The zero-order valence-corrected chi connectivity index (χ0v) is 11.9. The van der Waals surface area contributed by atoms with Crippen LogP contribution in [0.25, 0.3) is 22.1 Å². The first-order valence-electron chi connectivity index (χ1n) is 7.39. The van der Waals surface area contributed by atoms with E-state index >= 15 is 0 Å². The summed E-state index contributed by atoms with van der Waals surface area (Å²) >= 11 is 0. The quantitative estimate of drug-likeness (QED) is 0.529. The SMILES string of the molecule is c1ccc2c(c1)CCN2c1ncnc2c1oc1ccccc12. The van der Waals surface area contributed by atoms with E-state index in [0.717, 1.165) is 40.9 Å². The fraction of sp³-hybridized carbons (Fsp3) is 0.111. The minimum Gasteiger partial charge on any atom is -0.450 e. The Morgan fingerprint density at radius 1 is 0.955 bits per heavy atom. The van der Waals surface area contributed by atoms with Crippen molar-refractivity contribution in [2.75, 3.05) is 11.4 Å². The van der Waals surface area contributed by atoms with Crippen LogP contribution >= 0.6 is 0 Å². The normalized spacial score (nSPS) is 13.9. The van der Waals surface area contributed by atoms with Crippen molar-refractivity contribution in [1.29, 1.82) is 0 Å². The van der Waals surface area contributed by atoms with Gasteiger partial charge in [-0.15, -0.1) is 0 Å². The van der Waals surface area contributed by atoms with E-state index < -0.39 is 0 Å². The highest BCUT2D eigenvalue weighted by molar-refractivity contribution is 6.06. The van der Waals surface area contributed by atoms with Crippen molar-refractivity contribution in [3.05, 3.63) is 60.4 Å². The number of fused-ring (bicyclic) bond motifs is 4. The Labute approximate surface area is 127 Å². The molecule has 5 rings (SSSR count). The molecule has 22 heavy (non-hydrogen) atoms. The van der Waals surface area contributed by atoms with Gasteiger partial charge >= 0.3 is 0 Å². The zero-order valence-electron chi connectivity index (χ0n) is 11.9. The van der Waals surface area contributed by atoms with Crippen LogP contribution in [0.15, 0.2) is 59.3 Å². The second-order valence-corrected chi connectivity index (χ2v) is 5.50. The molecule has 0 N–H and O–H groups in total. The fourth-order valence-corrected chi connectivity index (χ4v) is 3.26. The molecular weight excluding hydrogens is 274 g/mol. The average molecular weight is 287 g/mol. The number of aromatic nitrogens is 2. The number of hydrogen-bond donors (Lipinski definition) is 0. The van der Waals surface area contributed by atoms with Crippen LogP contribution < -0.4 is 4.90 Å². The molecule has 0 unspecified atom stereocenters. The molecule has 2 aromatic heterocycles. The third-order valence-corrected chi connectivity index (χ3v) is 4.28. The summed E-state index contributed by atoms with van der Waals surface area (Å²) in [5.74, 6) is 0.853. The van der Waals surface area contributed by atoms with Crippen molar-refractivity contribution >= 4 is 33.6 Å². The first kappa shape index (κ1) is 11.7. The maximum Gasteiger partial charge on any atom is 0.196 e. The third kappa shape index (κ3) is 1.52. The number of para-hydroxylation sites is 2. The van der Waals surface area contributed by atoms with Gasteiger partial charge < -0.3 is 9.32 Å². The van der Waals surface area contributed by atoms with Gasteiger partial charge in [0.2, 0.25) is 0 Å². The van der Waals surface area contributed by atoms with Crippen LogP contribution in [0, 0.1) is 0 Å². The Morgan fingerprint density at radius 3 is 2.82 bits per heavy atom. The van der Waals surface area contributed by atoms with Crippen LogP contribution in [0.1, 0.15) is 5.56 Å². The zero-order chi connectivity index (χ0) is 14.5. The lowest BCUT2D eigenvalue weighted by Crippen LogP contribution is -2.15. The van der Waals surface area contributed by atoms with Gasteiger partial charge in [-0.2, -0.15) is 0 Å². The minimum atomic E-state index is 0.764. The average Bonchev–Trinajstić information content (AvgIpc) is 3.16. The lowest BCUT2D eigenvalue weighted by Gasteiger charge is -2.17. The second-order valence-electron chi connectivity index (χ2n) is 5.50. The highest BCUT2D eigenvalue weighted by Gasteiger charge is 2.24. The smallest absolute Gasteiger partial charge is 0.196 e. The molecule has 0 bridgehead atoms. The molecule has 4 aromatic rings. The monoisotopic (exact) mass is 287 g/mol. The van der Waals surface area contributed by atoms with Gasteiger partial charge in [0.15, 0.2) is 11.4 Å². The summed E-state index contributed by atoms with van der Waals surface area (Å²) in [5, 5.41) is 1.04. The molecule has 1 aliphatic heterocycles. The van der Waals surface area contributed by atoms with Crippen LogP contribution in [-0.4, -0.2) is 16.5 Å². The van der Waals surface area contributed by atoms with Crippen LogP contribution in [0.3, 0.4) is 0 Å². The lowest BCUT2D eigenvalue weighted by molar-refractivity contribution is 0.664. The van der Waals surface area contributed by atoms with Crippen molar-refractivity contribution < 1.29 is 4.42 Å². The number of rotatable bonds is 1. The molecule has 0 fully saturated rings. The molecule has 0 spiro atoms. The highest BCUT2D eigenvalue weighted by Crippen LogP contribution is 2.38. The van der Waals surface area contributed by atoms with E-state index in [4.69, 9.17) is 4.42 Å². The number of anilines is 2. The predicted octanol–water partition coefficient (Wildman–Crippen LogP) is 4.07. The molecule has 0 saturated carbocycles.